The zero-order valence-electron chi connectivity index (χ0n) is 21.3. The van der Waals surface area contributed by atoms with Gasteiger partial charge in [-0.05, 0) is 47.9 Å². The van der Waals surface area contributed by atoms with Crippen LogP contribution < -0.4 is 10.5 Å². The summed E-state index contributed by atoms with van der Waals surface area (Å²) in [6.07, 6.45) is 6.28. The molecule has 1 aromatic carbocycles. The quantitative estimate of drug-likeness (QED) is 0.296. The van der Waals surface area contributed by atoms with E-state index in [1.165, 1.54) is 23.5 Å². The van der Waals surface area contributed by atoms with Crippen molar-refractivity contribution >= 4 is 40.3 Å². The molecule has 0 spiro atoms. The van der Waals surface area contributed by atoms with E-state index in [4.69, 9.17) is 32.9 Å². The van der Waals surface area contributed by atoms with Crippen molar-refractivity contribution < 1.29 is 4.74 Å². The summed E-state index contributed by atoms with van der Waals surface area (Å²) in [4.78, 5) is 29.3. The van der Waals surface area contributed by atoms with Crippen molar-refractivity contribution in [3.63, 3.8) is 0 Å². The van der Waals surface area contributed by atoms with Gasteiger partial charge in [-0.2, -0.15) is 15.0 Å². The van der Waals surface area contributed by atoms with E-state index < -0.39 is 0 Å². The van der Waals surface area contributed by atoms with Crippen LogP contribution in [0.25, 0.3) is 17.0 Å². The van der Waals surface area contributed by atoms with Crippen LogP contribution >= 0.6 is 23.2 Å². The predicted molar refractivity (Wildman–Crippen MR) is 149 cm³/mol. The molecule has 4 aromatic rings. The topological polar surface area (TPSA) is 78.1 Å². The van der Waals surface area contributed by atoms with Gasteiger partial charge in [0.1, 0.15) is 5.52 Å². The first-order chi connectivity index (χ1) is 18.5. The summed E-state index contributed by atoms with van der Waals surface area (Å²) in [5.74, 6) is 2.41. The van der Waals surface area contributed by atoms with Gasteiger partial charge in [-0.1, -0.05) is 61.7 Å². The average molecular weight is 553 g/mol. The molecular weight excluding hydrogens is 523 g/mol. The first-order valence-corrected chi connectivity index (χ1v) is 13.9. The van der Waals surface area contributed by atoms with Crippen LogP contribution in [0.3, 0.4) is 0 Å². The highest BCUT2D eigenvalue weighted by Gasteiger charge is 2.32. The van der Waals surface area contributed by atoms with E-state index in [-0.39, 0.29) is 16.9 Å². The van der Waals surface area contributed by atoms with Crippen LogP contribution in [0.5, 0.6) is 0 Å². The van der Waals surface area contributed by atoms with Crippen molar-refractivity contribution in [3.8, 4) is 5.82 Å². The fourth-order valence-corrected chi connectivity index (χ4v) is 6.05. The molecule has 1 aliphatic heterocycles. The molecule has 1 saturated carbocycles. The second kappa shape index (κ2) is 10.7. The lowest BCUT2D eigenvalue weighted by atomic mass is 9.83. The SMILES string of the molecule is C[C@H]1CC[C@H](Cn2c(N3CCOC[C@H]3c3ccccc3)nc3nc(Cl)nc(-n4cc(Cl)ccc4=O)c32)CC1. The summed E-state index contributed by atoms with van der Waals surface area (Å²) in [7, 11) is 0. The van der Waals surface area contributed by atoms with Gasteiger partial charge in [-0.3, -0.25) is 9.36 Å². The zero-order chi connectivity index (χ0) is 26.2. The van der Waals surface area contributed by atoms with Gasteiger partial charge >= 0.3 is 0 Å². The fourth-order valence-electron chi connectivity index (χ4n) is 5.73. The standard InChI is InChI=1S/C28H30Cl2N6O2/c1-18-7-9-19(10-8-18)15-36-24-25(31-27(30)33-26(24)35-16-21(29)11-12-23(35)37)32-28(36)34-13-14-38-17-22(34)20-5-3-2-4-6-20/h2-6,11-12,16,18-19,22H,7-10,13-15,17H2,1H3/t18-,19-,22-/m0/s1. The number of anilines is 1. The van der Waals surface area contributed by atoms with Crippen molar-refractivity contribution in [2.24, 2.45) is 11.8 Å². The summed E-state index contributed by atoms with van der Waals surface area (Å²) in [5.41, 5.74) is 2.06. The number of imidazole rings is 1. The summed E-state index contributed by atoms with van der Waals surface area (Å²) in [6.45, 7) is 4.91. The van der Waals surface area contributed by atoms with Crippen LogP contribution in [-0.4, -0.2) is 43.8 Å². The molecule has 198 valence electrons. The summed E-state index contributed by atoms with van der Waals surface area (Å²) < 4.78 is 9.56. The van der Waals surface area contributed by atoms with Crippen LogP contribution in [0, 0.1) is 11.8 Å². The number of ether oxygens (including phenoxy) is 1. The van der Waals surface area contributed by atoms with Crippen molar-refractivity contribution in [2.45, 2.75) is 45.2 Å². The molecule has 8 nitrogen and oxygen atoms in total. The predicted octanol–water partition coefficient (Wildman–Crippen LogP) is 5.69. The van der Waals surface area contributed by atoms with Crippen LogP contribution in [0.1, 0.15) is 44.2 Å². The van der Waals surface area contributed by atoms with E-state index in [1.54, 1.807) is 12.3 Å². The van der Waals surface area contributed by atoms with Gasteiger partial charge in [0, 0.05) is 25.4 Å². The molecule has 1 aliphatic carbocycles. The molecular formula is C28H30Cl2N6O2. The van der Waals surface area contributed by atoms with Crippen molar-refractivity contribution in [3.05, 3.63) is 74.9 Å². The highest BCUT2D eigenvalue weighted by atomic mass is 35.5. The largest absolute Gasteiger partial charge is 0.377 e. The number of halogens is 2. The number of hydrogen-bond donors (Lipinski definition) is 0. The van der Waals surface area contributed by atoms with Gasteiger partial charge in [0.15, 0.2) is 11.5 Å². The zero-order valence-corrected chi connectivity index (χ0v) is 22.8. The molecule has 4 heterocycles. The normalized spacial score (nSPS) is 22.2. The molecule has 1 atom stereocenters. The molecule has 0 N–H and O–H groups in total. The molecule has 38 heavy (non-hydrogen) atoms. The minimum Gasteiger partial charge on any atom is -0.377 e. The lowest BCUT2D eigenvalue weighted by molar-refractivity contribution is 0.0927. The van der Waals surface area contributed by atoms with Crippen LogP contribution in [0.2, 0.25) is 10.3 Å². The van der Waals surface area contributed by atoms with Gasteiger partial charge in [-0.15, -0.1) is 0 Å². The number of nitrogens with zero attached hydrogens (tertiary/aromatic N) is 6. The Labute approximate surface area is 231 Å². The maximum Gasteiger partial charge on any atom is 0.256 e. The lowest BCUT2D eigenvalue weighted by Gasteiger charge is -2.37. The Kier molecular flexibility index (Phi) is 7.12. The van der Waals surface area contributed by atoms with Gasteiger partial charge in [0.25, 0.3) is 5.56 Å². The van der Waals surface area contributed by atoms with Gasteiger partial charge in [0.05, 0.1) is 24.3 Å². The smallest absolute Gasteiger partial charge is 0.256 e. The third kappa shape index (κ3) is 4.93. The Hall–Kier alpha value is -2.94. The van der Waals surface area contributed by atoms with Crippen LogP contribution in [0.15, 0.2) is 53.5 Å². The first-order valence-electron chi connectivity index (χ1n) is 13.2. The monoisotopic (exact) mass is 552 g/mol. The molecule has 10 heteroatoms. The third-order valence-electron chi connectivity index (χ3n) is 7.79. The average Bonchev–Trinajstić information content (AvgIpc) is 3.29. The number of aromatic nitrogens is 5. The molecule has 0 amide bonds. The minimum atomic E-state index is -0.250. The number of hydrogen-bond acceptors (Lipinski definition) is 6. The Balaban J connectivity index is 1.55. The molecule has 0 radical (unpaired) electrons. The Bertz CT molecular complexity index is 1500. The summed E-state index contributed by atoms with van der Waals surface area (Å²) >= 11 is 12.7. The van der Waals surface area contributed by atoms with E-state index in [2.05, 4.69) is 38.5 Å². The van der Waals surface area contributed by atoms with Crippen molar-refractivity contribution in [1.29, 1.82) is 0 Å². The summed E-state index contributed by atoms with van der Waals surface area (Å²) in [5, 5.41) is 0.459. The summed E-state index contributed by atoms with van der Waals surface area (Å²) in [6, 6.07) is 13.3. The molecule has 2 aliphatic rings. The van der Waals surface area contributed by atoms with Crippen molar-refractivity contribution in [2.75, 3.05) is 24.7 Å². The third-order valence-corrected chi connectivity index (χ3v) is 8.18. The van der Waals surface area contributed by atoms with Gasteiger partial charge < -0.3 is 14.2 Å². The highest BCUT2D eigenvalue weighted by Crippen LogP contribution is 2.36. The molecule has 0 bridgehead atoms. The maximum absolute atomic E-state index is 13.0. The number of rotatable bonds is 5. The van der Waals surface area contributed by atoms with E-state index in [0.717, 1.165) is 36.8 Å². The Morgan fingerprint density at radius 2 is 1.79 bits per heavy atom. The van der Waals surface area contributed by atoms with E-state index in [0.29, 0.717) is 47.7 Å². The number of pyridine rings is 1. The Morgan fingerprint density at radius 1 is 1.00 bits per heavy atom. The minimum absolute atomic E-state index is 0.00679. The molecule has 3 aromatic heterocycles. The van der Waals surface area contributed by atoms with Crippen LogP contribution in [0.4, 0.5) is 5.95 Å². The van der Waals surface area contributed by atoms with Crippen molar-refractivity contribution in [1.82, 2.24) is 24.1 Å². The van der Waals surface area contributed by atoms with Gasteiger partial charge in [0.2, 0.25) is 11.2 Å². The van der Waals surface area contributed by atoms with E-state index in [9.17, 15) is 4.79 Å². The second-order valence-corrected chi connectivity index (χ2v) is 11.2. The number of fused-ring (bicyclic) bond motifs is 1. The van der Waals surface area contributed by atoms with E-state index in [1.807, 2.05) is 18.2 Å². The van der Waals surface area contributed by atoms with E-state index >= 15 is 0 Å². The molecule has 6 rings (SSSR count). The molecule has 0 unspecified atom stereocenters. The number of benzene rings is 1. The lowest BCUT2D eigenvalue weighted by Crippen LogP contribution is -2.41. The maximum atomic E-state index is 13.0. The Morgan fingerprint density at radius 3 is 2.58 bits per heavy atom. The highest BCUT2D eigenvalue weighted by molar-refractivity contribution is 6.30. The fraction of sp³-hybridized carbons (Fsp3) is 0.429. The van der Waals surface area contributed by atoms with Gasteiger partial charge in [-0.25, -0.2) is 0 Å². The van der Waals surface area contributed by atoms with Crippen LogP contribution in [-0.2, 0) is 11.3 Å². The number of morpholine rings is 1. The molecule has 2 fully saturated rings. The molecule has 1 saturated heterocycles. The second-order valence-electron chi connectivity index (χ2n) is 10.4. The first kappa shape index (κ1) is 25.3.